The topological polar surface area (TPSA) is 78.4 Å². The second kappa shape index (κ2) is 8.11. The van der Waals surface area contributed by atoms with Crippen molar-refractivity contribution >= 4 is 43.4 Å². The van der Waals surface area contributed by atoms with Crippen LogP contribution >= 0.6 is 15.9 Å². The Bertz CT molecular complexity index is 1270. The Morgan fingerprint density at radius 3 is 2.61 bits per heavy atom. The molecular formula is C23H25BrN5O2+. The van der Waals surface area contributed by atoms with Gasteiger partial charge in [-0.15, -0.1) is 0 Å². The zero-order valence-corrected chi connectivity index (χ0v) is 18.9. The molecule has 3 N–H and O–H groups in total. The molecule has 2 aromatic carbocycles. The molecular weight excluding hydrogens is 458 g/mol. The van der Waals surface area contributed by atoms with Crippen LogP contribution in [0.4, 0.5) is 5.69 Å². The van der Waals surface area contributed by atoms with Crippen LogP contribution in [0.3, 0.4) is 0 Å². The number of nitroso groups, excluding NO2 is 1. The zero-order valence-electron chi connectivity index (χ0n) is 17.4. The second-order valence-electron chi connectivity index (χ2n) is 8.18. The lowest BCUT2D eigenvalue weighted by Crippen LogP contribution is -2.45. The van der Waals surface area contributed by atoms with Crippen molar-refractivity contribution in [1.29, 1.82) is 0 Å². The molecule has 3 heterocycles. The van der Waals surface area contributed by atoms with Gasteiger partial charge in [0.1, 0.15) is 5.69 Å². The molecule has 8 heteroatoms. The third kappa shape index (κ3) is 3.75. The molecule has 0 saturated carbocycles. The first kappa shape index (κ1) is 20.2. The molecule has 160 valence electrons. The van der Waals surface area contributed by atoms with Crippen LogP contribution in [0, 0.1) is 4.91 Å². The number of aromatic hydroxyl groups is 1. The number of hydrogen-bond donors (Lipinski definition) is 3. The minimum Gasteiger partial charge on any atom is -0.494 e. The smallest absolute Gasteiger partial charge is 0.289 e. The van der Waals surface area contributed by atoms with E-state index in [0.717, 1.165) is 57.2 Å². The van der Waals surface area contributed by atoms with Crippen molar-refractivity contribution in [3.63, 3.8) is 0 Å². The number of H-pyrrole nitrogens is 2. The molecule has 2 aromatic heterocycles. The van der Waals surface area contributed by atoms with Gasteiger partial charge in [-0.1, -0.05) is 34.1 Å². The Morgan fingerprint density at radius 1 is 1.03 bits per heavy atom. The molecule has 0 unspecified atom stereocenters. The van der Waals surface area contributed by atoms with Crippen LogP contribution < -0.4 is 0 Å². The number of likely N-dealkylation sites (N-methyl/N-ethyl adjacent to an activating group) is 1. The molecule has 5 rings (SSSR count). The van der Waals surface area contributed by atoms with Crippen molar-refractivity contribution in [2.75, 3.05) is 46.3 Å². The molecule has 0 spiro atoms. The fourth-order valence-electron chi connectivity index (χ4n) is 4.39. The summed E-state index contributed by atoms with van der Waals surface area (Å²) >= 11 is 3.47. The normalized spacial score (nSPS) is 15.8. The molecule has 1 aliphatic rings. The number of aromatic nitrogens is 2. The Labute approximate surface area is 188 Å². The maximum atomic E-state index is 13.4. The minimum atomic E-state index is 0.0494. The van der Waals surface area contributed by atoms with Crippen molar-refractivity contribution in [3.8, 4) is 17.1 Å². The fraction of sp³-hybridized carbons (Fsp3) is 0.304. The van der Waals surface area contributed by atoms with Crippen LogP contribution in [0.15, 0.2) is 46.9 Å². The largest absolute Gasteiger partial charge is 0.494 e. The molecule has 1 aliphatic heterocycles. The highest BCUT2D eigenvalue weighted by Gasteiger charge is 2.30. The average Bonchev–Trinajstić information content (AvgIpc) is 3.29. The van der Waals surface area contributed by atoms with Gasteiger partial charge in [-0.25, -0.2) is 0 Å². The van der Waals surface area contributed by atoms with Crippen molar-refractivity contribution in [3.05, 3.63) is 51.8 Å². The second-order valence-corrected chi connectivity index (χ2v) is 9.10. The molecule has 0 atom stereocenters. The van der Waals surface area contributed by atoms with E-state index in [-0.39, 0.29) is 5.88 Å². The Morgan fingerprint density at radius 2 is 1.81 bits per heavy atom. The molecule has 0 aliphatic carbocycles. The van der Waals surface area contributed by atoms with E-state index in [1.165, 1.54) is 0 Å². The van der Waals surface area contributed by atoms with Gasteiger partial charge in [0.2, 0.25) is 6.54 Å². The first-order valence-corrected chi connectivity index (χ1v) is 11.3. The van der Waals surface area contributed by atoms with E-state index < -0.39 is 0 Å². The molecule has 1 saturated heterocycles. The number of para-hydroxylation sites is 1. The summed E-state index contributed by atoms with van der Waals surface area (Å²) in [6.45, 7) is 5.08. The number of fused-ring (bicyclic) bond motifs is 2. The van der Waals surface area contributed by atoms with E-state index in [2.05, 4.69) is 42.7 Å². The highest BCUT2D eigenvalue weighted by Crippen LogP contribution is 2.44. The molecule has 7 nitrogen and oxygen atoms in total. The van der Waals surface area contributed by atoms with E-state index in [0.29, 0.717) is 30.0 Å². The number of piperazine rings is 1. The van der Waals surface area contributed by atoms with Gasteiger partial charge >= 0.3 is 0 Å². The van der Waals surface area contributed by atoms with Gasteiger partial charge in [0, 0.05) is 45.7 Å². The van der Waals surface area contributed by atoms with Gasteiger partial charge in [0.25, 0.3) is 5.69 Å². The van der Waals surface area contributed by atoms with E-state index in [9.17, 15) is 10.0 Å². The average molecular weight is 483 g/mol. The van der Waals surface area contributed by atoms with E-state index in [1.807, 2.05) is 42.5 Å². The quantitative estimate of drug-likeness (QED) is 0.367. The summed E-state index contributed by atoms with van der Waals surface area (Å²) in [5.41, 5.74) is 3.51. The Kier molecular flexibility index (Phi) is 5.29. The molecule has 4 aromatic rings. The van der Waals surface area contributed by atoms with E-state index in [4.69, 9.17) is 0 Å². The number of nitrogens with one attached hydrogen (secondary N) is 2. The van der Waals surface area contributed by atoms with Crippen molar-refractivity contribution in [2.24, 2.45) is 0 Å². The van der Waals surface area contributed by atoms with Crippen LogP contribution in [0.1, 0.15) is 0 Å². The molecule has 0 amide bonds. The number of hydrogen-bond acceptors (Lipinski definition) is 4. The lowest BCUT2D eigenvalue weighted by Gasteiger charge is -2.31. The number of rotatable bonds is 5. The van der Waals surface area contributed by atoms with Crippen LogP contribution in [0.25, 0.3) is 33.1 Å². The fourth-order valence-corrected chi connectivity index (χ4v) is 4.75. The summed E-state index contributed by atoms with van der Waals surface area (Å²) in [5, 5.41) is 12.5. The predicted octanol–water partition coefficient (Wildman–Crippen LogP) is 4.44. The van der Waals surface area contributed by atoms with Gasteiger partial charge < -0.3 is 20.0 Å². The summed E-state index contributed by atoms with van der Waals surface area (Å²) in [6.07, 6.45) is 0. The lowest BCUT2D eigenvalue weighted by atomic mass is 10.1. The number of aromatic amines is 2. The van der Waals surface area contributed by atoms with E-state index in [1.54, 1.807) is 0 Å². The van der Waals surface area contributed by atoms with Crippen LogP contribution in [0.5, 0.6) is 5.88 Å². The third-order valence-electron chi connectivity index (χ3n) is 6.13. The van der Waals surface area contributed by atoms with Crippen LogP contribution in [0.2, 0.25) is 0 Å². The maximum absolute atomic E-state index is 13.4. The lowest BCUT2D eigenvalue weighted by molar-refractivity contribution is -0.461. The summed E-state index contributed by atoms with van der Waals surface area (Å²) in [6, 6.07) is 13.6. The summed E-state index contributed by atoms with van der Waals surface area (Å²) < 4.78 is 1.99. The Hall–Kier alpha value is -2.68. The highest BCUT2D eigenvalue weighted by atomic mass is 79.9. The van der Waals surface area contributed by atoms with Crippen molar-refractivity contribution in [1.82, 2.24) is 19.8 Å². The van der Waals surface area contributed by atoms with Crippen molar-refractivity contribution in [2.45, 2.75) is 0 Å². The maximum Gasteiger partial charge on any atom is 0.289 e. The summed E-state index contributed by atoms with van der Waals surface area (Å²) in [5.74, 6) is 0.0494. The number of benzene rings is 2. The SMILES string of the molecule is CN1CCN(CC[N+](=O)c2c(-c3c(O)[nH]c4cc(Br)ccc34)[nH]c3ccccc23)CC1. The summed E-state index contributed by atoms with van der Waals surface area (Å²) in [4.78, 5) is 24.5. The van der Waals surface area contributed by atoms with Crippen LogP contribution in [-0.4, -0.2) is 76.0 Å². The predicted molar refractivity (Wildman–Crippen MR) is 127 cm³/mol. The van der Waals surface area contributed by atoms with Gasteiger partial charge in [0.15, 0.2) is 5.88 Å². The highest BCUT2D eigenvalue weighted by molar-refractivity contribution is 9.10. The number of nitrogens with zero attached hydrogens (tertiary/aromatic N) is 3. The minimum absolute atomic E-state index is 0.0494. The summed E-state index contributed by atoms with van der Waals surface area (Å²) in [7, 11) is 2.13. The first-order valence-electron chi connectivity index (χ1n) is 10.5. The van der Waals surface area contributed by atoms with E-state index >= 15 is 0 Å². The van der Waals surface area contributed by atoms with Gasteiger partial charge in [0.05, 0.1) is 28.5 Å². The zero-order chi connectivity index (χ0) is 21.5. The molecule has 1 fully saturated rings. The monoisotopic (exact) mass is 482 g/mol. The first-order chi connectivity index (χ1) is 15.0. The molecule has 0 bridgehead atoms. The number of halogens is 1. The standard InChI is InChI=1S/C23H24BrN5O2/c1-27-8-10-28(11-9-27)12-13-29(31)22-17-4-2-3-5-18(17)25-21(22)20-16-7-6-15(24)14-19(16)26-23(20)30/h2-7,14H,8-13H2,1H3,(H2-,25,26,30,31)/p+1. The van der Waals surface area contributed by atoms with Crippen LogP contribution in [-0.2, 0) is 0 Å². The molecule has 0 radical (unpaired) electrons. The van der Waals surface area contributed by atoms with Gasteiger partial charge in [-0.2, -0.15) is 0 Å². The van der Waals surface area contributed by atoms with Gasteiger partial charge in [-0.05, 0) is 31.3 Å². The van der Waals surface area contributed by atoms with Gasteiger partial charge in [-0.3, -0.25) is 4.90 Å². The molecule has 31 heavy (non-hydrogen) atoms. The van der Waals surface area contributed by atoms with Crippen molar-refractivity contribution < 1.29 is 9.87 Å². The third-order valence-corrected chi connectivity index (χ3v) is 6.63. The Balaban J connectivity index is 1.55.